The number of fused-ring (bicyclic) bond motifs is 1. The van der Waals surface area contributed by atoms with E-state index >= 15 is 0 Å². The number of hydrogen-bond donors (Lipinski definition) is 1. The second-order valence-corrected chi connectivity index (χ2v) is 8.94. The minimum Gasteiger partial charge on any atom is -0.368 e. The maximum atomic E-state index is 13.9. The predicted octanol–water partition coefficient (Wildman–Crippen LogP) is 4.97. The number of aryl methyl sites for hydroxylation is 1. The summed E-state index contributed by atoms with van der Waals surface area (Å²) in [6, 6.07) is 9.85. The minimum absolute atomic E-state index is 0.0643. The van der Waals surface area contributed by atoms with Crippen molar-refractivity contribution in [3.05, 3.63) is 71.7 Å². The van der Waals surface area contributed by atoms with E-state index in [4.69, 9.17) is 0 Å². The molecule has 1 unspecified atom stereocenters. The summed E-state index contributed by atoms with van der Waals surface area (Å²) in [5, 5.41) is 3.13. The normalized spacial score (nSPS) is 21.6. The van der Waals surface area contributed by atoms with E-state index in [0.29, 0.717) is 35.2 Å². The molecule has 6 nitrogen and oxygen atoms in total. The highest BCUT2D eigenvalue weighted by atomic mass is 19.4. The summed E-state index contributed by atoms with van der Waals surface area (Å²) in [4.78, 5) is 28.4. The molecule has 2 fully saturated rings. The fourth-order valence-corrected chi connectivity index (χ4v) is 4.71. The topological polar surface area (TPSA) is 71.0 Å². The summed E-state index contributed by atoms with van der Waals surface area (Å²) < 4.78 is 38.4. The third-order valence-electron chi connectivity index (χ3n) is 6.56. The number of pyridine rings is 1. The van der Waals surface area contributed by atoms with Crippen LogP contribution in [0.4, 0.5) is 19.0 Å². The first kappa shape index (κ1) is 22.3. The molecule has 0 spiro atoms. The molecule has 1 saturated carbocycles. The van der Waals surface area contributed by atoms with E-state index in [2.05, 4.69) is 20.3 Å². The van der Waals surface area contributed by atoms with Gasteiger partial charge in [0, 0.05) is 42.8 Å². The van der Waals surface area contributed by atoms with Gasteiger partial charge in [0.1, 0.15) is 5.82 Å². The maximum absolute atomic E-state index is 13.9. The largest absolute Gasteiger partial charge is 0.417 e. The Kier molecular flexibility index (Phi) is 5.71. The zero-order valence-corrected chi connectivity index (χ0v) is 18.6. The van der Waals surface area contributed by atoms with Gasteiger partial charge in [0.05, 0.1) is 11.1 Å². The van der Waals surface area contributed by atoms with Gasteiger partial charge in [-0.05, 0) is 56.4 Å². The van der Waals surface area contributed by atoms with E-state index in [9.17, 15) is 18.0 Å². The van der Waals surface area contributed by atoms with Crippen molar-refractivity contribution >= 4 is 11.7 Å². The molecule has 3 atom stereocenters. The Hall–Kier alpha value is -3.49. The quantitative estimate of drug-likeness (QED) is 0.574. The van der Waals surface area contributed by atoms with Gasteiger partial charge in [-0.1, -0.05) is 17.7 Å². The molecule has 1 aliphatic carbocycles. The lowest BCUT2D eigenvalue weighted by Crippen LogP contribution is -2.48. The van der Waals surface area contributed by atoms with Crippen molar-refractivity contribution in [2.45, 2.75) is 44.4 Å². The van der Waals surface area contributed by atoms with Crippen molar-refractivity contribution in [2.75, 3.05) is 11.9 Å². The number of alkyl halides is 3. The van der Waals surface area contributed by atoms with Crippen LogP contribution >= 0.6 is 0 Å². The first-order valence-corrected chi connectivity index (χ1v) is 11.3. The molecule has 1 aromatic carbocycles. The number of piperidine rings is 1. The molecule has 5 rings (SSSR count). The van der Waals surface area contributed by atoms with Gasteiger partial charge in [0.2, 0.25) is 0 Å². The highest BCUT2D eigenvalue weighted by Crippen LogP contribution is 2.46. The van der Waals surface area contributed by atoms with E-state index in [1.54, 1.807) is 18.5 Å². The Balaban J connectivity index is 1.38. The van der Waals surface area contributed by atoms with Crippen LogP contribution in [0.3, 0.4) is 0 Å². The first-order valence-electron chi connectivity index (χ1n) is 11.3. The van der Waals surface area contributed by atoms with Crippen molar-refractivity contribution in [1.82, 2.24) is 19.9 Å². The van der Waals surface area contributed by atoms with Crippen LogP contribution in [0.25, 0.3) is 11.4 Å². The van der Waals surface area contributed by atoms with Crippen molar-refractivity contribution in [3.8, 4) is 11.4 Å². The number of benzene rings is 1. The molecule has 9 heteroatoms. The fourth-order valence-electron chi connectivity index (χ4n) is 4.71. The van der Waals surface area contributed by atoms with Gasteiger partial charge in [0.25, 0.3) is 5.91 Å². The molecule has 3 heterocycles. The number of carbonyl (C=O) groups excluding carboxylic acids is 1. The molecule has 0 bridgehead atoms. The van der Waals surface area contributed by atoms with Gasteiger partial charge in [-0.3, -0.25) is 4.79 Å². The molecule has 1 saturated heterocycles. The van der Waals surface area contributed by atoms with Crippen molar-refractivity contribution in [1.29, 1.82) is 0 Å². The van der Waals surface area contributed by atoms with Crippen LogP contribution in [-0.4, -0.2) is 44.4 Å². The lowest BCUT2D eigenvalue weighted by Gasteiger charge is -2.36. The molecular weight excluding hydrogens is 443 g/mol. The number of carbonyl (C=O) groups is 1. The molecule has 1 N–H and O–H groups in total. The summed E-state index contributed by atoms with van der Waals surface area (Å²) in [5.41, 5.74) is 1.44. The zero-order valence-electron chi connectivity index (χ0n) is 18.6. The molecule has 3 aromatic rings. The number of halogens is 3. The first-order chi connectivity index (χ1) is 16.3. The molecule has 1 aliphatic heterocycles. The second-order valence-electron chi connectivity index (χ2n) is 8.94. The van der Waals surface area contributed by atoms with Crippen LogP contribution in [0.15, 0.2) is 55.0 Å². The number of likely N-dealkylation sites (tertiary alicyclic amines) is 1. The lowest BCUT2D eigenvalue weighted by molar-refractivity contribution is -0.137. The van der Waals surface area contributed by atoms with E-state index in [0.717, 1.165) is 37.1 Å². The number of hydrogen-bond acceptors (Lipinski definition) is 5. The van der Waals surface area contributed by atoms with Crippen LogP contribution in [0.5, 0.6) is 0 Å². The molecule has 34 heavy (non-hydrogen) atoms. The van der Waals surface area contributed by atoms with Crippen LogP contribution in [0.1, 0.15) is 40.7 Å². The van der Waals surface area contributed by atoms with Gasteiger partial charge in [-0.2, -0.15) is 13.2 Å². The number of amides is 1. The molecular formula is C25H24F3N5O. The summed E-state index contributed by atoms with van der Waals surface area (Å²) in [6.07, 6.45) is 2.53. The summed E-state index contributed by atoms with van der Waals surface area (Å²) in [7, 11) is 0. The molecule has 2 aromatic heterocycles. The minimum atomic E-state index is -4.42. The highest BCUT2D eigenvalue weighted by molar-refractivity contribution is 6.01. The van der Waals surface area contributed by atoms with Gasteiger partial charge >= 0.3 is 6.18 Å². The molecule has 176 valence electrons. The SMILES string of the molecule is Cc1ccc(-c2ncccn2)c(C(=O)N2C3C[C@H]3CC[C@H]2CNc2ccc(C(F)(F)F)cn2)c1. The number of anilines is 1. The van der Waals surface area contributed by atoms with Gasteiger partial charge in [-0.15, -0.1) is 0 Å². The van der Waals surface area contributed by atoms with Crippen LogP contribution in [0.2, 0.25) is 0 Å². The Morgan fingerprint density at radius 1 is 1.12 bits per heavy atom. The van der Waals surface area contributed by atoms with Crippen molar-refractivity contribution in [2.24, 2.45) is 5.92 Å². The van der Waals surface area contributed by atoms with Crippen LogP contribution < -0.4 is 5.32 Å². The van der Waals surface area contributed by atoms with E-state index < -0.39 is 11.7 Å². The number of nitrogens with one attached hydrogen (secondary N) is 1. The van der Waals surface area contributed by atoms with Gasteiger partial charge in [0.15, 0.2) is 5.82 Å². The van der Waals surface area contributed by atoms with Gasteiger partial charge < -0.3 is 10.2 Å². The standard InChI is InChI=1S/C25H24F3N5O/c1-15-3-7-19(23-29-9-2-10-30-23)20(11-15)24(34)33-18(6-4-16-12-21(16)33)14-32-22-8-5-17(13-31-22)25(26,27)28/h2-3,5,7-11,13,16,18,21H,4,6,12,14H2,1H3,(H,31,32)/t16-,18+,21?/m1/s1. The van der Waals surface area contributed by atoms with Crippen LogP contribution in [-0.2, 0) is 6.18 Å². The smallest absolute Gasteiger partial charge is 0.368 e. The Bertz CT molecular complexity index is 1180. The molecule has 2 aliphatic rings. The zero-order chi connectivity index (χ0) is 23.9. The Labute approximate surface area is 195 Å². The van der Waals surface area contributed by atoms with Crippen molar-refractivity contribution in [3.63, 3.8) is 0 Å². The average molecular weight is 467 g/mol. The molecule has 0 radical (unpaired) electrons. The number of nitrogens with zero attached hydrogens (tertiary/aromatic N) is 4. The summed E-state index contributed by atoms with van der Waals surface area (Å²) in [6.45, 7) is 2.36. The van der Waals surface area contributed by atoms with E-state index in [-0.39, 0.29) is 18.0 Å². The second kappa shape index (κ2) is 8.70. The number of rotatable bonds is 5. The van der Waals surface area contributed by atoms with Gasteiger partial charge in [-0.25, -0.2) is 15.0 Å². The Morgan fingerprint density at radius 2 is 1.91 bits per heavy atom. The fraction of sp³-hybridized carbons (Fsp3) is 0.360. The lowest BCUT2D eigenvalue weighted by atomic mass is 9.97. The van der Waals surface area contributed by atoms with E-state index in [1.807, 2.05) is 30.0 Å². The van der Waals surface area contributed by atoms with Crippen LogP contribution in [0, 0.1) is 12.8 Å². The predicted molar refractivity (Wildman–Crippen MR) is 121 cm³/mol. The number of aromatic nitrogens is 3. The van der Waals surface area contributed by atoms with Crippen molar-refractivity contribution < 1.29 is 18.0 Å². The third-order valence-corrected chi connectivity index (χ3v) is 6.56. The summed E-state index contributed by atoms with van der Waals surface area (Å²) >= 11 is 0. The highest BCUT2D eigenvalue weighted by Gasteiger charge is 2.50. The van der Waals surface area contributed by atoms with E-state index in [1.165, 1.54) is 6.07 Å². The third kappa shape index (κ3) is 4.47. The maximum Gasteiger partial charge on any atom is 0.417 e. The Morgan fingerprint density at radius 3 is 2.62 bits per heavy atom. The average Bonchev–Trinajstić information content (AvgIpc) is 3.62. The summed E-state index contributed by atoms with van der Waals surface area (Å²) in [5.74, 6) is 1.29. The monoisotopic (exact) mass is 467 g/mol. The molecule has 1 amide bonds.